The highest BCUT2D eigenvalue weighted by atomic mass is 19.4. The van der Waals surface area contributed by atoms with Gasteiger partial charge in [0.1, 0.15) is 11.5 Å². The van der Waals surface area contributed by atoms with Gasteiger partial charge in [-0.3, -0.25) is 14.4 Å². The Kier molecular flexibility index (Phi) is 6.36. The molecule has 0 aromatic heterocycles. The van der Waals surface area contributed by atoms with Gasteiger partial charge in [-0.15, -0.1) is 0 Å². The number of benzene rings is 1. The monoisotopic (exact) mass is 471 g/mol. The minimum atomic E-state index is -5.85. The fraction of sp³-hybridized carbons (Fsp3) is 0.409. The van der Waals surface area contributed by atoms with Crippen LogP contribution in [0.15, 0.2) is 42.1 Å². The van der Waals surface area contributed by atoms with Crippen LogP contribution in [0.25, 0.3) is 5.57 Å². The summed E-state index contributed by atoms with van der Waals surface area (Å²) in [6.45, 7) is 0.119. The van der Waals surface area contributed by atoms with Gasteiger partial charge < -0.3 is 16.0 Å². The molecule has 0 radical (unpaired) electrons. The lowest BCUT2D eigenvalue weighted by atomic mass is 9.88. The van der Waals surface area contributed by atoms with Gasteiger partial charge in [0.05, 0.1) is 6.54 Å². The third kappa shape index (κ3) is 4.76. The van der Waals surface area contributed by atoms with Crippen LogP contribution in [0.1, 0.15) is 43.9 Å². The number of nitrogens with one attached hydrogen (secondary N) is 3. The van der Waals surface area contributed by atoms with E-state index in [0.717, 1.165) is 19.4 Å². The first-order chi connectivity index (χ1) is 15.3. The minimum absolute atomic E-state index is 0.458. The molecule has 0 unspecified atom stereocenters. The van der Waals surface area contributed by atoms with E-state index in [-0.39, 0.29) is 0 Å². The predicted octanol–water partition coefficient (Wildman–Crippen LogP) is 3.37. The molecule has 2 aliphatic rings. The average Bonchev–Trinajstić information content (AvgIpc) is 2.86. The number of hydrogen-bond acceptors (Lipinski definition) is 3. The van der Waals surface area contributed by atoms with Crippen LogP contribution in [-0.2, 0) is 14.4 Å². The van der Waals surface area contributed by atoms with Gasteiger partial charge in [-0.2, -0.15) is 22.0 Å². The third-order valence-electron chi connectivity index (χ3n) is 5.57. The van der Waals surface area contributed by atoms with Gasteiger partial charge in [0.2, 0.25) is 11.8 Å². The van der Waals surface area contributed by atoms with Crippen LogP contribution in [0.3, 0.4) is 0 Å². The molecule has 33 heavy (non-hydrogen) atoms. The van der Waals surface area contributed by atoms with Crippen molar-refractivity contribution in [2.45, 2.75) is 44.8 Å². The summed E-state index contributed by atoms with van der Waals surface area (Å²) in [6.07, 6.45) is -0.747. The fourth-order valence-corrected chi connectivity index (χ4v) is 3.47. The third-order valence-corrected chi connectivity index (χ3v) is 5.57. The summed E-state index contributed by atoms with van der Waals surface area (Å²) in [5, 5.41) is 6.71. The Hall–Kier alpha value is -3.24. The molecule has 3 rings (SSSR count). The summed E-state index contributed by atoms with van der Waals surface area (Å²) >= 11 is 0. The Labute approximate surface area is 186 Å². The van der Waals surface area contributed by atoms with E-state index >= 15 is 0 Å². The number of alkyl halides is 5. The van der Waals surface area contributed by atoms with E-state index in [1.54, 1.807) is 24.3 Å². The fourth-order valence-electron chi connectivity index (χ4n) is 3.47. The van der Waals surface area contributed by atoms with Crippen LogP contribution in [0, 0.1) is 5.41 Å². The summed E-state index contributed by atoms with van der Waals surface area (Å²) in [6, 6.07) is 5.63. The lowest BCUT2D eigenvalue weighted by Gasteiger charge is -2.27. The maximum absolute atomic E-state index is 13.2. The molecule has 3 amide bonds. The van der Waals surface area contributed by atoms with Gasteiger partial charge in [0.25, 0.3) is 5.91 Å². The van der Waals surface area contributed by atoms with Crippen molar-refractivity contribution < 1.29 is 36.3 Å². The largest absolute Gasteiger partial charge is 0.455 e. The number of amides is 3. The van der Waals surface area contributed by atoms with Crippen LogP contribution in [0.4, 0.5) is 22.0 Å². The second-order valence-corrected chi connectivity index (χ2v) is 8.33. The minimum Gasteiger partial charge on any atom is -0.349 e. The molecule has 6 nitrogen and oxygen atoms in total. The van der Waals surface area contributed by atoms with Gasteiger partial charge in [-0.05, 0) is 37.8 Å². The molecule has 178 valence electrons. The van der Waals surface area contributed by atoms with Crippen molar-refractivity contribution in [1.29, 1.82) is 0 Å². The number of rotatable bonds is 5. The van der Waals surface area contributed by atoms with E-state index in [1.165, 1.54) is 5.32 Å². The van der Waals surface area contributed by atoms with E-state index in [9.17, 15) is 36.3 Å². The van der Waals surface area contributed by atoms with Gasteiger partial charge in [-0.1, -0.05) is 36.4 Å². The Morgan fingerprint density at radius 3 is 2.42 bits per heavy atom. The number of fused-ring (bicyclic) bond motifs is 2. The number of hydrogen-bond donors (Lipinski definition) is 3. The van der Waals surface area contributed by atoms with Crippen molar-refractivity contribution in [1.82, 2.24) is 16.0 Å². The Balaban J connectivity index is 1.81. The van der Waals surface area contributed by atoms with E-state index in [2.05, 4.69) is 10.6 Å². The highest BCUT2D eigenvalue weighted by molar-refractivity contribution is 6.06. The maximum Gasteiger partial charge on any atom is 0.455 e. The zero-order valence-electron chi connectivity index (χ0n) is 17.8. The second kappa shape index (κ2) is 8.60. The average molecular weight is 471 g/mol. The summed E-state index contributed by atoms with van der Waals surface area (Å²) in [4.78, 5) is 38.1. The molecule has 1 aliphatic carbocycles. The van der Waals surface area contributed by atoms with E-state index in [0.29, 0.717) is 29.7 Å². The standard InChI is InChI=1S/C22H22F5N3O3/c1-20(2,18(32)28-11-21(23,24)22(25,26)27)19(33)30-16-14-9-4-3-7-12(14)13-8-5-6-10-15(13)29-17(16)31/h3-5,7-9,16H,6,10-11H2,1-2H3,(H,28,32)(H,29,31)(H,30,33)/t16-/m0/s1. The van der Waals surface area contributed by atoms with Crippen molar-refractivity contribution in [3.05, 3.63) is 53.2 Å². The highest BCUT2D eigenvalue weighted by Gasteiger charge is 2.57. The predicted molar refractivity (Wildman–Crippen MR) is 109 cm³/mol. The topological polar surface area (TPSA) is 87.3 Å². The zero-order valence-corrected chi connectivity index (χ0v) is 17.8. The first-order valence-electron chi connectivity index (χ1n) is 10.1. The van der Waals surface area contributed by atoms with Crippen molar-refractivity contribution in [3.8, 4) is 0 Å². The number of allylic oxidation sites excluding steroid dienone is 4. The van der Waals surface area contributed by atoms with Crippen LogP contribution >= 0.6 is 0 Å². The Morgan fingerprint density at radius 2 is 1.76 bits per heavy atom. The summed E-state index contributed by atoms with van der Waals surface area (Å²) in [7, 11) is 0. The molecule has 0 saturated heterocycles. The molecular formula is C22H22F5N3O3. The van der Waals surface area contributed by atoms with E-state index in [4.69, 9.17) is 0 Å². The maximum atomic E-state index is 13.2. The van der Waals surface area contributed by atoms with Crippen molar-refractivity contribution >= 4 is 23.3 Å². The molecule has 0 bridgehead atoms. The molecule has 0 spiro atoms. The SMILES string of the molecule is CC(C)(C(=O)NCC(F)(F)C(F)(F)F)C(=O)N[C@@H]1C(=O)NC2=C(C=CCC2)c2ccccc21. The van der Waals surface area contributed by atoms with Gasteiger partial charge in [-0.25, -0.2) is 0 Å². The van der Waals surface area contributed by atoms with Crippen molar-refractivity contribution in [3.63, 3.8) is 0 Å². The Morgan fingerprint density at radius 1 is 1.09 bits per heavy atom. The molecule has 1 heterocycles. The second-order valence-electron chi connectivity index (χ2n) is 8.33. The first kappa shape index (κ1) is 24.4. The lowest BCUT2D eigenvalue weighted by molar-refractivity contribution is -0.278. The molecule has 0 saturated carbocycles. The Bertz CT molecular complexity index is 1040. The van der Waals surface area contributed by atoms with E-state index < -0.39 is 47.8 Å². The van der Waals surface area contributed by atoms with Crippen LogP contribution in [0.5, 0.6) is 0 Å². The summed E-state index contributed by atoms with van der Waals surface area (Å²) in [5.41, 5.74) is 0.571. The van der Waals surface area contributed by atoms with Crippen molar-refractivity contribution in [2.75, 3.05) is 6.54 Å². The van der Waals surface area contributed by atoms with Crippen LogP contribution in [-0.4, -0.2) is 36.4 Å². The van der Waals surface area contributed by atoms with Gasteiger partial charge in [0, 0.05) is 11.3 Å². The zero-order chi connectivity index (χ0) is 24.6. The molecule has 1 aromatic carbocycles. The molecule has 1 aromatic rings. The lowest BCUT2D eigenvalue weighted by Crippen LogP contribution is -2.54. The normalized spacial score (nSPS) is 18.6. The smallest absolute Gasteiger partial charge is 0.349 e. The number of carbonyl (C=O) groups excluding carboxylic acids is 3. The molecular weight excluding hydrogens is 449 g/mol. The summed E-state index contributed by atoms with van der Waals surface area (Å²) in [5.74, 6) is -8.07. The highest BCUT2D eigenvalue weighted by Crippen LogP contribution is 2.36. The molecule has 1 aliphatic heterocycles. The molecule has 0 fully saturated rings. The quantitative estimate of drug-likeness (QED) is 0.455. The summed E-state index contributed by atoms with van der Waals surface area (Å²) < 4.78 is 63.4. The number of carbonyl (C=O) groups is 3. The molecule has 11 heteroatoms. The van der Waals surface area contributed by atoms with Crippen LogP contribution < -0.4 is 16.0 Å². The first-order valence-corrected chi connectivity index (χ1v) is 10.1. The van der Waals surface area contributed by atoms with Gasteiger partial charge >= 0.3 is 12.1 Å². The van der Waals surface area contributed by atoms with E-state index in [1.807, 2.05) is 12.2 Å². The van der Waals surface area contributed by atoms with Crippen molar-refractivity contribution in [2.24, 2.45) is 5.41 Å². The molecule has 3 N–H and O–H groups in total. The number of halogens is 5. The van der Waals surface area contributed by atoms with Crippen LogP contribution in [0.2, 0.25) is 0 Å². The van der Waals surface area contributed by atoms with Gasteiger partial charge in [0.15, 0.2) is 0 Å². The molecule has 1 atom stereocenters.